The molecule has 0 atom stereocenters. The summed E-state index contributed by atoms with van der Waals surface area (Å²) in [6.45, 7) is 5.19. The molecule has 1 rings (SSSR count). The molecular weight excluding hydrogens is 185 g/mol. The van der Waals surface area contributed by atoms with Gasteiger partial charge in [-0.1, -0.05) is 0 Å². The zero-order chi connectivity index (χ0) is 5.82. The van der Waals surface area contributed by atoms with Gasteiger partial charge in [0, 0.05) is 32.7 Å². The normalized spacial score (nSPS) is 7.56. The monoisotopic (exact) mass is 191 g/mol. The zero-order valence-electron chi connectivity index (χ0n) is 5.04. The Hall–Kier alpha value is 0.0639. The first-order chi connectivity index (χ1) is 3.93. The molecule has 0 saturated heterocycles. The summed E-state index contributed by atoms with van der Waals surface area (Å²) in [6, 6.07) is 10.5. The molecule has 0 amide bonds. The van der Waals surface area contributed by atoms with Crippen molar-refractivity contribution < 1.29 is 32.7 Å². The number of hydrogen-bond donors (Lipinski definition) is 0. The van der Waals surface area contributed by atoms with E-state index in [1.807, 2.05) is 24.3 Å². The Bertz CT molecular complexity index is 167. The average molecular weight is 191 g/mol. The van der Waals surface area contributed by atoms with Crippen LogP contribution in [0.5, 0.6) is 0 Å². The first kappa shape index (κ1) is 9.06. The van der Waals surface area contributed by atoms with Crippen molar-refractivity contribution in [2.24, 2.45) is 0 Å². The average Bonchev–Trinajstić information content (AvgIpc) is 1.90. The molecule has 1 radical (unpaired) electrons. The standard InChI is InChI=1S/C8H6.Y/c1-2-8-6-4-3-5-7-8;/h1-6H;/q-2;. The van der Waals surface area contributed by atoms with Gasteiger partial charge in [0.2, 0.25) is 0 Å². The third-order valence-corrected chi connectivity index (χ3v) is 0.913. The van der Waals surface area contributed by atoms with Crippen molar-refractivity contribution in [2.45, 2.75) is 0 Å². The number of hydrogen-bond acceptors (Lipinski definition) is 0. The third-order valence-electron chi connectivity index (χ3n) is 0.913. The zero-order valence-corrected chi connectivity index (χ0v) is 7.88. The van der Waals surface area contributed by atoms with Gasteiger partial charge in [-0.3, -0.25) is 0 Å². The summed E-state index contributed by atoms with van der Waals surface area (Å²) in [5.74, 6) is 0. The van der Waals surface area contributed by atoms with Gasteiger partial charge in [0.25, 0.3) is 0 Å². The number of benzene rings is 1. The maximum atomic E-state index is 5.19. The van der Waals surface area contributed by atoms with E-state index in [-0.39, 0.29) is 32.7 Å². The van der Waals surface area contributed by atoms with Crippen LogP contribution >= 0.6 is 0 Å². The Labute approximate surface area is 80.9 Å². The van der Waals surface area contributed by atoms with Crippen LogP contribution in [0.2, 0.25) is 0 Å². The molecule has 0 aromatic heterocycles. The van der Waals surface area contributed by atoms with Gasteiger partial charge in [0.05, 0.1) is 0 Å². The van der Waals surface area contributed by atoms with E-state index in [4.69, 9.17) is 6.58 Å². The minimum atomic E-state index is 0. The fourth-order valence-electron chi connectivity index (χ4n) is 0.511. The summed E-state index contributed by atoms with van der Waals surface area (Å²) >= 11 is 0. The van der Waals surface area contributed by atoms with Crippen LogP contribution in [0, 0.1) is 12.6 Å². The van der Waals surface area contributed by atoms with Crippen LogP contribution in [0.3, 0.4) is 0 Å². The van der Waals surface area contributed by atoms with E-state index in [0.717, 1.165) is 5.56 Å². The van der Waals surface area contributed by atoms with Gasteiger partial charge in [-0.15, -0.1) is 6.07 Å². The quantitative estimate of drug-likeness (QED) is 0.595. The molecule has 0 heterocycles. The fourth-order valence-corrected chi connectivity index (χ4v) is 0.511. The van der Waals surface area contributed by atoms with Crippen molar-refractivity contribution in [1.29, 1.82) is 0 Å². The first-order valence-corrected chi connectivity index (χ1v) is 2.45. The Morgan fingerprint density at radius 3 is 2.56 bits per heavy atom. The van der Waals surface area contributed by atoms with Crippen LogP contribution in [0.4, 0.5) is 0 Å². The van der Waals surface area contributed by atoms with Gasteiger partial charge in [0.15, 0.2) is 0 Å². The Morgan fingerprint density at radius 2 is 2.22 bits per heavy atom. The minimum Gasteiger partial charge on any atom is -0.344 e. The Morgan fingerprint density at radius 1 is 1.44 bits per heavy atom. The molecule has 0 bridgehead atoms. The molecule has 1 heteroatoms. The predicted octanol–water partition coefficient (Wildman–Crippen LogP) is 1.93. The third kappa shape index (κ3) is 2.93. The van der Waals surface area contributed by atoms with Crippen molar-refractivity contribution in [3.8, 4) is 0 Å². The number of rotatable bonds is 1. The van der Waals surface area contributed by atoms with Crippen molar-refractivity contribution in [3.63, 3.8) is 0 Å². The van der Waals surface area contributed by atoms with Crippen LogP contribution in [0.1, 0.15) is 5.56 Å². The maximum Gasteiger partial charge on any atom is 0 e. The van der Waals surface area contributed by atoms with E-state index < -0.39 is 0 Å². The SMILES string of the molecule is [CH-]=Cc1[c-]cccc1.[Y]. The van der Waals surface area contributed by atoms with Crippen LogP contribution in [-0.2, 0) is 32.7 Å². The van der Waals surface area contributed by atoms with Crippen LogP contribution in [0.25, 0.3) is 6.08 Å². The first-order valence-electron chi connectivity index (χ1n) is 2.45. The van der Waals surface area contributed by atoms with E-state index in [0.29, 0.717) is 0 Å². The van der Waals surface area contributed by atoms with Crippen LogP contribution in [-0.4, -0.2) is 0 Å². The van der Waals surface area contributed by atoms with Crippen molar-refractivity contribution >= 4 is 6.08 Å². The summed E-state index contributed by atoms with van der Waals surface area (Å²) in [4.78, 5) is 0. The van der Waals surface area contributed by atoms with E-state index in [1.54, 1.807) is 0 Å². The largest absolute Gasteiger partial charge is 0.344 e. The van der Waals surface area contributed by atoms with Gasteiger partial charge >= 0.3 is 0 Å². The maximum absolute atomic E-state index is 5.19. The molecule has 0 spiro atoms. The molecule has 43 valence electrons. The van der Waals surface area contributed by atoms with Gasteiger partial charge in [0.1, 0.15) is 0 Å². The molecule has 0 unspecified atom stereocenters. The van der Waals surface area contributed by atoms with E-state index >= 15 is 0 Å². The van der Waals surface area contributed by atoms with E-state index in [9.17, 15) is 0 Å². The molecule has 0 aliphatic carbocycles. The summed E-state index contributed by atoms with van der Waals surface area (Å²) < 4.78 is 0. The topological polar surface area (TPSA) is 0 Å². The summed E-state index contributed by atoms with van der Waals surface area (Å²) in [5.41, 5.74) is 0.938. The second-order valence-corrected chi connectivity index (χ2v) is 1.48. The Kier molecular flexibility index (Phi) is 4.93. The van der Waals surface area contributed by atoms with Gasteiger partial charge in [-0.05, 0) is 0 Å². The molecular formula is C8H6Y-2. The van der Waals surface area contributed by atoms with Crippen molar-refractivity contribution in [2.75, 3.05) is 0 Å². The molecule has 0 aliphatic rings. The second kappa shape index (κ2) is 4.90. The molecule has 0 saturated carbocycles. The molecule has 0 N–H and O–H groups in total. The molecule has 9 heavy (non-hydrogen) atoms. The predicted molar refractivity (Wildman–Crippen MR) is 34.0 cm³/mol. The van der Waals surface area contributed by atoms with Crippen LogP contribution < -0.4 is 0 Å². The van der Waals surface area contributed by atoms with E-state index in [1.165, 1.54) is 6.08 Å². The Balaban J connectivity index is 0.000000640. The molecule has 0 aliphatic heterocycles. The molecule has 1 aromatic carbocycles. The minimum absolute atomic E-state index is 0. The van der Waals surface area contributed by atoms with Gasteiger partial charge in [-0.2, -0.15) is 12.1 Å². The van der Waals surface area contributed by atoms with Gasteiger partial charge in [-0.25, -0.2) is 12.1 Å². The smallest absolute Gasteiger partial charge is 0 e. The van der Waals surface area contributed by atoms with Crippen molar-refractivity contribution in [3.05, 3.63) is 42.5 Å². The molecule has 0 fully saturated rings. The van der Waals surface area contributed by atoms with Crippen LogP contribution in [0.15, 0.2) is 24.3 Å². The van der Waals surface area contributed by atoms with Gasteiger partial charge < -0.3 is 18.2 Å². The summed E-state index contributed by atoms with van der Waals surface area (Å²) in [6.07, 6.45) is 1.53. The molecule has 0 nitrogen and oxygen atoms in total. The van der Waals surface area contributed by atoms with E-state index in [2.05, 4.69) is 6.07 Å². The van der Waals surface area contributed by atoms with Crippen molar-refractivity contribution in [1.82, 2.24) is 0 Å². The summed E-state index contributed by atoms with van der Waals surface area (Å²) in [7, 11) is 0. The summed E-state index contributed by atoms with van der Waals surface area (Å²) in [5, 5.41) is 0. The fraction of sp³-hybridized carbons (Fsp3) is 0. The second-order valence-electron chi connectivity index (χ2n) is 1.48. The molecule has 1 aromatic rings.